The first-order chi connectivity index (χ1) is 9.29. The van der Waals surface area contributed by atoms with Crippen molar-refractivity contribution in [2.45, 2.75) is 25.9 Å². The molecule has 1 saturated heterocycles. The fourth-order valence-corrected chi connectivity index (χ4v) is 2.72. The van der Waals surface area contributed by atoms with E-state index in [1.807, 2.05) is 30.3 Å². The Morgan fingerprint density at radius 1 is 1.26 bits per heavy atom. The van der Waals surface area contributed by atoms with Gasteiger partial charge in [-0.05, 0) is 50.5 Å². The molecule has 1 heterocycles. The minimum atomic E-state index is -0.392. The molecule has 0 spiro atoms. The number of nitrogens with one attached hydrogen (secondary N) is 1. The summed E-state index contributed by atoms with van der Waals surface area (Å²) in [6.45, 7) is 7.54. The van der Waals surface area contributed by atoms with Crippen LogP contribution in [0.2, 0.25) is 0 Å². The van der Waals surface area contributed by atoms with E-state index in [1.165, 1.54) is 32.5 Å². The summed E-state index contributed by atoms with van der Waals surface area (Å²) in [5, 5.41) is 13.5. The summed E-state index contributed by atoms with van der Waals surface area (Å²) in [7, 11) is 0. The first-order valence-corrected chi connectivity index (χ1v) is 7.45. The molecular weight excluding hydrogens is 236 g/mol. The average Bonchev–Trinajstić information content (AvgIpc) is 2.49. The van der Waals surface area contributed by atoms with Gasteiger partial charge < -0.3 is 15.3 Å². The second-order valence-corrected chi connectivity index (χ2v) is 5.46. The summed E-state index contributed by atoms with van der Waals surface area (Å²) < 4.78 is 0. The van der Waals surface area contributed by atoms with Crippen LogP contribution < -0.4 is 5.32 Å². The SMILES string of the molecule is CCN1CCC(CNCC(O)c2ccccc2)CC1. The summed E-state index contributed by atoms with van der Waals surface area (Å²) in [6.07, 6.45) is 2.17. The van der Waals surface area contributed by atoms with E-state index in [9.17, 15) is 5.11 Å². The fraction of sp³-hybridized carbons (Fsp3) is 0.625. The van der Waals surface area contributed by atoms with E-state index in [0.717, 1.165) is 18.0 Å². The smallest absolute Gasteiger partial charge is 0.0914 e. The van der Waals surface area contributed by atoms with Gasteiger partial charge in [0.15, 0.2) is 0 Å². The molecule has 2 N–H and O–H groups in total. The molecule has 0 bridgehead atoms. The van der Waals surface area contributed by atoms with Gasteiger partial charge in [-0.15, -0.1) is 0 Å². The predicted octanol–water partition coefficient (Wildman–Crippen LogP) is 2.04. The molecule has 2 rings (SSSR count). The molecule has 1 aromatic rings. The highest BCUT2D eigenvalue weighted by molar-refractivity contribution is 5.17. The van der Waals surface area contributed by atoms with Crippen molar-refractivity contribution in [3.8, 4) is 0 Å². The molecule has 19 heavy (non-hydrogen) atoms. The third-order valence-corrected chi connectivity index (χ3v) is 4.11. The summed E-state index contributed by atoms with van der Waals surface area (Å²) in [4.78, 5) is 2.51. The largest absolute Gasteiger partial charge is 0.387 e. The van der Waals surface area contributed by atoms with Crippen LogP contribution in [0.1, 0.15) is 31.4 Å². The molecule has 1 aliphatic heterocycles. The van der Waals surface area contributed by atoms with Crippen molar-refractivity contribution >= 4 is 0 Å². The molecule has 3 heteroatoms. The standard InChI is InChI=1S/C16H26N2O/c1-2-18-10-8-14(9-11-18)12-17-13-16(19)15-6-4-3-5-7-15/h3-7,14,16-17,19H,2,8-13H2,1H3. The minimum Gasteiger partial charge on any atom is -0.387 e. The maximum Gasteiger partial charge on any atom is 0.0914 e. The Morgan fingerprint density at radius 2 is 1.95 bits per heavy atom. The molecule has 1 fully saturated rings. The van der Waals surface area contributed by atoms with Crippen molar-refractivity contribution in [1.82, 2.24) is 10.2 Å². The van der Waals surface area contributed by atoms with E-state index < -0.39 is 6.10 Å². The van der Waals surface area contributed by atoms with Gasteiger partial charge in [-0.2, -0.15) is 0 Å². The van der Waals surface area contributed by atoms with Gasteiger partial charge in [0.1, 0.15) is 0 Å². The first-order valence-electron chi connectivity index (χ1n) is 7.45. The van der Waals surface area contributed by atoms with Crippen LogP contribution in [0.4, 0.5) is 0 Å². The van der Waals surface area contributed by atoms with Crippen molar-refractivity contribution in [2.75, 3.05) is 32.7 Å². The number of rotatable bonds is 6. The predicted molar refractivity (Wildman–Crippen MR) is 79.1 cm³/mol. The van der Waals surface area contributed by atoms with Crippen LogP contribution in [0, 0.1) is 5.92 Å². The van der Waals surface area contributed by atoms with E-state index in [1.54, 1.807) is 0 Å². The zero-order chi connectivity index (χ0) is 13.5. The molecule has 0 amide bonds. The lowest BCUT2D eigenvalue weighted by Gasteiger charge is -2.31. The highest BCUT2D eigenvalue weighted by Gasteiger charge is 2.17. The lowest BCUT2D eigenvalue weighted by atomic mass is 9.96. The summed E-state index contributed by atoms with van der Waals surface area (Å²) in [6, 6.07) is 9.88. The van der Waals surface area contributed by atoms with Crippen molar-refractivity contribution in [1.29, 1.82) is 0 Å². The Labute approximate surface area is 116 Å². The van der Waals surface area contributed by atoms with Gasteiger partial charge >= 0.3 is 0 Å². The normalized spacial score (nSPS) is 19.5. The minimum absolute atomic E-state index is 0.392. The summed E-state index contributed by atoms with van der Waals surface area (Å²) >= 11 is 0. The molecule has 1 unspecified atom stereocenters. The Kier molecular flexibility index (Phi) is 5.83. The van der Waals surface area contributed by atoms with Gasteiger partial charge in [-0.25, -0.2) is 0 Å². The number of nitrogens with zero attached hydrogens (tertiary/aromatic N) is 1. The van der Waals surface area contributed by atoms with E-state index in [-0.39, 0.29) is 0 Å². The van der Waals surface area contributed by atoms with Crippen LogP contribution >= 0.6 is 0 Å². The van der Waals surface area contributed by atoms with Crippen LogP contribution in [0.25, 0.3) is 0 Å². The van der Waals surface area contributed by atoms with Gasteiger partial charge in [0, 0.05) is 6.54 Å². The summed E-state index contributed by atoms with van der Waals surface area (Å²) in [5.74, 6) is 0.769. The Bertz CT molecular complexity index is 347. The van der Waals surface area contributed by atoms with Gasteiger partial charge in [0.05, 0.1) is 6.10 Å². The molecule has 0 aromatic heterocycles. The van der Waals surface area contributed by atoms with Crippen molar-refractivity contribution in [3.05, 3.63) is 35.9 Å². The average molecular weight is 262 g/mol. The monoisotopic (exact) mass is 262 g/mol. The zero-order valence-electron chi connectivity index (χ0n) is 11.9. The van der Waals surface area contributed by atoms with Gasteiger partial charge in [-0.1, -0.05) is 37.3 Å². The van der Waals surface area contributed by atoms with E-state index >= 15 is 0 Å². The van der Waals surface area contributed by atoms with Crippen molar-refractivity contribution < 1.29 is 5.11 Å². The molecule has 3 nitrogen and oxygen atoms in total. The Balaban J connectivity index is 1.64. The molecular formula is C16H26N2O. The molecule has 0 aliphatic carbocycles. The molecule has 0 radical (unpaired) electrons. The van der Waals surface area contributed by atoms with E-state index in [4.69, 9.17) is 0 Å². The quantitative estimate of drug-likeness (QED) is 0.823. The van der Waals surface area contributed by atoms with E-state index in [0.29, 0.717) is 6.54 Å². The lowest BCUT2D eigenvalue weighted by molar-refractivity contribution is 0.161. The van der Waals surface area contributed by atoms with E-state index in [2.05, 4.69) is 17.1 Å². The summed E-state index contributed by atoms with van der Waals surface area (Å²) in [5.41, 5.74) is 0.996. The van der Waals surface area contributed by atoms with Crippen LogP contribution in [-0.2, 0) is 0 Å². The van der Waals surface area contributed by atoms with Crippen molar-refractivity contribution in [2.24, 2.45) is 5.92 Å². The Morgan fingerprint density at radius 3 is 2.58 bits per heavy atom. The van der Waals surface area contributed by atoms with Crippen LogP contribution in [0.3, 0.4) is 0 Å². The topological polar surface area (TPSA) is 35.5 Å². The van der Waals surface area contributed by atoms with Gasteiger partial charge in [0.2, 0.25) is 0 Å². The zero-order valence-corrected chi connectivity index (χ0v) is 11.9. The third kappa shape index (κ3) is 4.60. The van der Waals surface area contributed by atoms with Crippen LogP contribution in [-0.4, -0.2) is 42.7 Å². The first kappa shape index (κ1) is 14.5. The second kappa shape index (κ2) is 7.63. The fourth-order valence-electron chi connectivity index (χ4n) is 2.72. The number of aliphatic hydroxyl groups excluding tert-OH is 1. The molecule has 1 aromatic carbocycles. The highest BCUT2D eigenvalue weighted by Crippen LogP contribution is 2.16. The number of aliphatic hydroxyl groups is 1. The van der Waals surface area contributed by atoms with Gasteiger partial charge in [0.25, 0.3) is 0 Å². The Hall–Kier alpha value is -0.900. The number of hydrogen-bond donors (Lipinski definition) is 2. The number of likely N-dealkylation sites (tertiary alicyclic amines) is 1. The molecule has 106 valence electrons. The molecule has 1 aliphatic rings. The number of piperidine rings is 1. The third-order valence-electron chi connectivity index (χ3n) is 4.11. The number of hydrogen-bond acceptors (Lipinski definition) is 3. The lowest BCUT2D eigenvalue weighted by Crippen LogP contribution is -2.37. The van der Waals surface area contributed by atoms with Crippen LogP contribution in [0.15, 0.2) is 30.3 Å². The molecule has 1 atom stereocenters. The molecule has 0 saturated carbocycles. The number of benzene rings is 1. The van der Waals surface area contributed by atoms with Gasteiger partial charge in [-0.3, -0.25) is 0 Å². The maximum absolute atomic E-state index is 10.1. The van der Waals surface area contributed by atoms with Crippen molar-refractivity contribution in [3.63, 3.8) is 0 Å². The maximum atomic E-state index is 10.1. The van der Waals surface area contributed by atoms with Crippen LogP contribution in [0.5, 0.6) is 0 Å². The highest BCUT2D eigenvalue weighted by atomic mass is 16.3. The second-order valence-electron chi connectivity index (χ2n) is 5.46.